The van der Waals surface area contributed by atoms with Crippen LogP contribution in [0, 0.1) is 0 Å². The van der Waals surface area contributed by atoms with Crippen molar-refractivity contribution in [1.82, 2.24) is 15.3 Å². The number of fused-ring (bicyclic) bond motifs is 2. The zero-order chi connectivity index (χ0) is 10.1. The Morgan fingerprint density at radius 3 is 2.47 bits per heavy atom. The average Bonchev–Trinajstić information content (AvgIpc) is 2.60. The van der Waals surface area contributed by atoms with Gasteiger partial charge in [-0.1, -0.05) is 0 Å². The van der Waals surface area contributed by atoms with E-state index in [-0.39, 0.29) is 24.8 Å². The second-order valence-electron chi connectivity index (χ2n) is 4.40. The lowest BCUT2D eigenvalue weighted by atomic mass is 10.0. The minimum absolute atomic E-state index is 0. The van der Waals surface area contributed by atoms with Crippen molar-refractivity contribution < 1.29 is 4.74 Å². The van der Waals surface area contributed by atoms with E-state index in [2.05, 4.69) is 15.3 Å². The molecule has 3 heterocycles. The van der Waals surface area contributed by atoms with Gasteiger partial charge < -0.3 is 10.1 Å². The highest BCUT2D eigenvalue weighted by atomic mass is 35.5. The normalized spacial score (nSPS) is 30.0. The van der Waals surface area contributed by atoms with Crippen LogP contribution in [0.2, 0.25) is 0 Å². The molecule has 0 radical (unpaired) electrons. The van der Waals surface area contributed by atoms with Gasteiger partial charge in [0.1, 0.15) is 12.4 Å². The van der Waals surface area contributed by atoms with Crippen molar-refractivity contribution in [1.29, 1.82) is 0 Å². The molecule has 2 fully saturated rings. The quantitative estimate of drug-likeness (QED) is 0.898. The third kappa shape index (κ3) is 3.44. The van der Waals surface area contributed by atoms with Crippen molar-refractivity contribution in [3.8, 4) is 5.88 Å². The van der Waals surface area contributed by atoms with Crippen molar-refractivity contribution >= 4 is 24.8 Å². The fourth-order valence-electron chi connectivity index (χ4n) is 2.62. The van der Waals surface area contributed by atoms with Crippen molar-refractivity contribution in [2.75, 3.05) is 0 Å². The second-order valence-corrected chi connectivity index (χ2v) is 4.40. The maximum Gasteiger partial charge on any atom is 0.216 e. The van der Waals surface area contributed by atoms with Gasteiger partial charge >= 0.3 is 0 Å². The third-order valence-corrected chi connectivity index (χ3v) is 3.27. The van der Waals surface area contributed by atoms with Crippen molar-refractivity contribution in [3.05, 3.63) is 18.6 Å². The molecule has 0 amide bonds. The summed E-state index contributed by atoms with van der Waals surface area (Å²) in [5, 5.41) is 3.59. The summed E-state index contributed by atoms with van der Waals surface area (Å²) in [4.78, 5) is 7.97. The molecule has 6 heteroatoms. The molecule has 2 saturated heterocycles. The summed E-state index contributed by atoms with van der Waals surface area (Å²) in [6, 6.07) is 3.15. The molecule has 0 aliphatic carbocycles. The SMILES string of the molecule is Cl.Cl.c1cc(OC2CC3CCC(C2)N3)ncn1. The zero-order valence-electron chi connectivity index (χ0n) is 9.41. The molecule has 0 aromatic carbocycles. The monoisotopic (exact) mass is 277 g/mol. The molecule has 17 heavy (non-hydrogen) atoms. The number of hydrogen-bond acceptors (Lipinski definition) is 4. The number of ether oxygens (including phenoxy) is 1. The van der Waals surface area contributed by atoms with Crippen molar-refractivity contribution in [2.24, 2.45) is 0 Å². The lowest BCUT2D eigenvalue weighted by molar-refractivity contribution is 0.131. The largest absolute Gasteiger partial charge is 0.474 e. The molecule has 1 N–H and O–H groups in total. The Bertz CT molecular complexity index is 327. The Labute approximate surface area is 113 Å². The number of hydrogen-bond donors (Lipinski definition) is 1. The van der Waals surface area contributed by atoms with Gasteiger partial charge in [-0.15, -0.1) is 24.8 Å². The van der Waals surface area contributed by atoms with Gasteiger partial charge in [-0.3, -0.25) is 0 Å². The summed E-state index contributed by atoms with van der Waals surface area (Å²) in [6.07, 6.45) is 8.41. The molecule has 2 atom stereocenters. The zero-order valence-corrected chi connectivity index (χ0v) is 11.0. The van der Waals surface area contributed by atoms with Crippen LogP contribution in [0.25, 0.3) is 0 Å². The maximum absolute atomic E-state index is 5.85. The Hall–Kier alpha value is -0.580. The van der Waals surface area contributed by atoms with Crippen LogP contribution in [0.1, 0.15) is 25.7 Å². The van der Waals surface area contributed by atoms with Gasteiger partial charge in [-0.2, -0.15) is 0 Å². The van der Waals surface area contributed by atoms with Gasteiger partial charge in [0, 0.05) is 24.3 Å². The molecule has 4 nitrogen and oxygen atoms in total. The van der Waals surface area contributed by atoms with E-state index < -0.39 is 0 Å². The van der Waals surface area contributed by atoms with Crippen LogP contribution >= 0.6 is 24.8 Å². The van der Waals surface area contributed by atoms with E-state index in [1.54, 1.807) is 6.20 Å². The predicted molar refractivity (Wildman–Crippen MR) is 70.1 cm³/mol. The van der Waals surface area contributed by atoms with Gasteiger partial charge in [-0.25, -0.2) is 9.97 Å². The van der Waals surface area contributed by atoms with Crippen LogP contribution in [0.3, 0.4) is 0 Å². The highest BCUT2D eigenvalue weighted by Gasteiger charge is 2.34. The van der Waals surface area contributed by atoms with Crippen LogP contribution < -0.4 is 10.1 Å². The first-order valence-corrected chi connectivity index (χ1v) is 5.59. The number of aromatic nitrogens is 2. The van der Waals surface area contributed by atoms with E-state index in [0.717, 1.165) is 12.8 Å². The van der Waals surface area contributed by atoms with E-state index in [1.807, 2.05) is 6.07 Å². The summed E-state index contributed by atoms with van der Waals surface area (Å²) in [7, 11) is 0. The number of nitrogens with one attached hydrogen (secondary N) is 1. The summed E-state index contributed by atoms with van der Waals surface area (Å²) < 4.78 is 5.85. The molecular weight excluding hydrogens is 261 g/mol. The van der Waals surface area contributed by atoms with Crippen LogP contribution in [0.5, 0.6) is 5.88 Å². The minimum Gasteiger partial charge on any atom is -0.474 e. The van der Waals surface area contributed by atoms with Gasteiger partial charge in [0.2, 0.25) is 5.88 Å². The van der Waals surface area contributed by atoms with Gasteiger partial charge in [-0.05, 0) is 25.7 Å². The summed E-state index contributed by atoms with van der Waals surface area (Å²) >= 11 is 0. The minimum atomic E-state index is 0. The smallest absolute Gasteiger partial charge is 0.216 e. The van der Waals surface area contributed by atoms with Crippen molar-refractivity contribution in [2.45, 2.75) is 43.9 Å². The molecule has 2 unspecified atom stereocenters. The fraction of sp³-hybridized carbons (Fsp3) is 0.636. The Balaban J connectivity index is 0.000000722. The Morgan fingerprint density at radius 2 is 1.88 bits per heavy atom. The molecular formula is C11H17Cl2N3O. The fourth-order valence-corrected chi connectivity index (χ4v) is 2.62. The molecule has 1 aromatic rings. The standard InChI is InChI=1S/C11H15N3O.2ClH/c1-2-9-6-10(5-8(1)14-9)15-11-3-4-12-7-13-11;;/h3-4,7-10,14H,1-2,5-6H2;2*1H. The second kappa shape index (κ2) is 6.38. The topological polar surface area (TPSA) is 47.0 Å². The van der Waals surface area contributed by atoms with Gasteiger partial charge in [0.05, 0.1) is 0 Å². The number of rotatable bonds is 2. The first-order valence-electron chi connectivity index (χ1n) is 5.59. The van der Waals surface area contributed by atoms with E-state index in [0.29, 0.717) is 24.1 Å². The molecule has 2 bridgehead atoms. The van der Waals surface area contributed by atoms with Crippen LogP contribution in [-0.4, -0.2) is 28.2 Å². The summed E-state index contributed by atoms with van der Waals surface area (Å²) in [5.41, 5.74) is 0. The third-order valence-electron chi connectivity index (χ3n) is 3.27. The molecule has 0 saturated carbocycles. The molecule has 1 aromatic heterocycles. The lowest BCUT2D eigenvalue weighted by Crippen LogP contribution is -2.42. The average molecular weight is 278 g/mol. The van der Waals surface area contributed by atoms with E-state index >= 15 is 0 Å². The molecule has 96 valence electrons. The molecule has 0 spiro atoms. The molecule has 2 aliphatic rings. The van der Waals surface area contributed by atoms with Gasteiger partial charge in [0.15, 0.2) is 0 Å². The first kappa shape index (κ1) is 14.5. The Morgan fingerprint density at radius 1 is 1.18 bits per heavy atom. The number of nitrogens with zero attached hydrogens (tertiary/aromatic N) is 2. The highest BCUT2D eigenvalue weighted by molar-refractivity contribution is 5.85. The van der Waals surface area contributed by atoms with Crippen LogP contribution in [0.4, 0.5) is 0 Å². The van der Waals surface area contributed by atoms with E-state index in [1.165, 1.54) is 19.2 Å². The number of piperidine rings is 1. The van der Waals surface area contributed by atoms with Crippen LogP contribution in [0.15, 0.2) is 18.6 Å². The molecule has 2 aliphatic heterocycles. The van der Waals surface area contributed by atoms with Gasteiger partial charge in [0.25, 0.3) is 0 Å². The summed E-state index contributed by atoms with van der Waals surface area (Å²) in [5.74, 6) is 0.705. The number of halogens is 2. The summed E-state index contributed by atoms with van der Waals surface area (Å²) in [6.45, 7) is 0. The molecule has 3 rings (SSSR count). The first-order chi connectivity index (χ1) is 7.40. The van der Waals surface area contributed by atoms with Crippen molar-refractivity contribution in [3.63, 3.8) is 0 Å². The van der Waals surface area contributed by atoms with E-state index in [9.17, 15) is 0 Å². The van der Waals surface area contributed by atoms with E-state index in [4.69, 9.17) is 4.74 Å². The maximum atomic E-state index is 5.85. The highest BCUT2D eigenvalue weighted by Crippen LogP contribution is 2.28. The lowest BCUT2D eigenvalue weighted by Gasteiger charge is -2.28. The van der Waals surface area contributed by atoms with Crippen LogP contribution in [-0.2, 0) is 0 Å². The Kier molecular flexibility index (Phi) is 5.43. The predicted octanol–water partition coefficient (Wildman–Crippen LogP) is 1.98.